The van der Waals surface area contributed by atoms with Crippen molar-refractivity contribution in [2.24, 2.45) is 0 Å². The molecule has 0 bridgehead atoms. The number of alkyl halides is 1. The summed E-state index contributed by atoms with van der Waals surface area (Å²) in [6, 6.07) is 0. The molecule has 1 fully saturated rings. The third-order valence-electron chi connectivity index (χ3n) is 2.64. The number of aliphatic hydroxyl groups is 2. The molecule has 1 rings (SSSR count). The number of piperidine rings is 1. The second-order valence-corrected chi connectivity index (χ2v) is 5.20. The minimum atomic E-state index is -0.980. The molecule has 82 valence electrons. The van der Waals surface area contributed by atoms with Crippen molar-refractivity contribution in [3.63, 3.8) is 0 Å². The molecule has 0 aromatic heterocycles. The third-order valence-corrected chi connectivity index (χ3v) is 3.03. The van der Waals surface area contributed by atoms with Gasteiger partial charge in [-0.15, -0.1) is 0 Å². The summed E-state index contributed by atoms with van der Waals surface area (Å²) in [7, 11) is 0. The van der Waals surface area contributed by atoms with E-state index in [-0.39, 0.29) is 17.3 Å². The molecule has 1 saturated heterocycles. The van der Waals surface area contributed by atoms with Crippen molar-refractivity contribution >= 4 is 21.8 Å². The summed E-state index contributed by atoms with van der Waals surface area (Å²) in [6.07, 6.45) is 0.907. The number of hydrogen-bond donors (Lipinski definition) is 2. The zero-order valence-corrected chi connectivity index (χ0v) is 9.83. The van der Waals surface area contributed by atoms with Gasteiger partial charge in [0, 0.05) is 13.1 Å². The smallest absolute Gasteiger partial charge is 0.236 e. The fourth-order valence-electron chi connectivity index (χ4n) is 1.55. The molecule has 0 spiro atoms. The number of carbonyl (C=O) groups excluding carboxylic acids is 1. The first kappa shape index (κ1) is 11.9. The molecule has 1 heterocycles. The van der Waals surface area contributed by atoms with Crippen LogP contribution in [0.25, 0.3) is 0 Å². The molecule has 1 aliphatic rings. The van der Waals surface area contributed by atoms with Gasteiger partial charge >= 0.3 is 0 Å². The zero-order valence-electron chi connectivity index (χ0n) is 8.24. The molecular weight excluding hydrogens is 250 g/mol. The number of hydrogen-bond acceptors (Lipinski definition) is 3. The summed E-state index contributed by atoms with van der Waals surface area (Å²) in [5.74, 6) is 0.0463. The van der Waals surface area contributed by atoms with Gasteiger partial charge in [0.25, 0.3) is 0 Å². The summed E-state index contributed by atoms with van der Waals surface area (Å²) >= 11 is 3.22. The molecule has 1 aliphatic heterocycles. The van der Waals surface area contributed by atoms with Gasteiger partial charge in [-0.05, 0) is 19.8 Å². The summed E-state index contributed by atoms with van der Waals surface area (Å²) in [4.78, 5) is 13.1. The van der Waals surface area contributed by atoms with Crippen LogP contribution in [0.5, 0.6) is 0 Å². The van der Waals surface area contributed by atoms with Gasteiger partial charge in [-0.3, -0.25) is 4.79 Å². The predicted molar refractivity (Wildman–Crippen MR) is 56.2 cm³/mol. The molecule has 0 aromatic rings. The van der Waals surface area contributed by atoms with E-state index in [1.54, 1.807) is 11.8 Å². The molecule has 5 heteroatoms. The van der Waals surface area contributed by atoms with E-state index in [9.17, 15) is 9.90 Å². The van der Waals surface area contributed by atoms with Gasteiger partial charge in [0.1, 0.15) is 0 Å². The lowest BCUT2D eigenvalue weighted by molar-refractivity contribution is -0.135. The Morgan fingerprint density at radius 3 is 2.43 bits per heavy atom. The zero-order chi connectivity index (χ0) is 10.8. The van der Waals surface area contributed by atoms with Gasteiger partial charge in [0.05, 0.1) is 17.0 Å². The monoisotopic (exact) mass is 265 g/mol. The Hall–Kier alpha value is -0.130. The molecule has 1 atom stereocenters. The van der Waals surface area contributed by atoms with Crippen molar-refractivity contribution in [1.29, 1.82) is 0 Å². The van der Waals surface area contributed by atoms with Crippen LogP contribution in [0.4, 0.5) is 0 Å². The largest absolute Gasteiger partial charge is 0.393 e. The maximum Gasteiger partial charge on any atom is 0.236 e. The van der Waals surface area contributed by atoms with Crippen LogP contribution in [-0.2, 0) is 4.79 Å². The first-order chi connectivity index (χ1) is 6.48. The number of amides is 1. The van der Waals surface area contributed by atoms with E-state index in [1.807, 2.05) is 0 Å². The van der Waals surface area contributed by atoms with E-state index in [0.29, 0.717) is 25.9 Å². The maximum atomic E-state index is 11.5. The summed E-state index contributed by atoms with van der Waals surface area (Å²) < 4.78 is 0. The Morgan fingerprint density at radius 1 is 1.57 bits per heavy atom. The predicted octanol–water partition coefficient (Wildman–Crippen LogP) is 0.116. The molecule has 2 N–H and O–H groups in total. The van der Waals surface area contributed by atoms with Crippen molar-refractivity contribution in [2.45, 2.75) is 30.2 Å². The van der Waals surface area contributed by atoms with E-state index in [1.165, 1.54) is 0 Å². The minimum Gasteiger partial charge on any atom is -0.393 e. The average molecular weight is 266 g/mol. The van der Waals surface area contributed by atoms with Gasteiger partial charge in [-0.25, -0.2) is 0 Å². The van der Waals surface area contributed by atoms with Crippen LogP contribution in [0, 0.1) is 0 Å². The Balaban J connectivity index is 2.47. The van der Waals surface area contributed by atoms with E-state index in [2.05, 4.69) is 15.9 Å². The normalized spacial score (nSPS) is 23.3. The van der Waals surface area contributed by atoms with E-state index in [4.69, 9.17) is 5.11 Å². The van der Waals surface area contributed by atoms with Crippen LogP contribution in [0.15, 0.2) is 0 Å². The van der Waals surface area contributed by atoms with Crippen LogP contribution in [-0.4, -0.2) is 51.1 Å². The lowest BCUT2D eigenvalue weighted by Crippen LogP contribution is -2.49. The van der Waals surface area contributed by atoms with Gasteiger partial charge in [0.2, 0.25) is 5.91 Å². The van der Waals surface area contributed by atoms with Crippen molar-refractivity contribution in [1.82, 2.24) is 4.90 Å². The Morgan fingerprint density at radius 2 is 2.07 bits per heavy atom. The number of carbonyl (C=O) groups is 1. The summed E-state index contributed by atoms with van der Waals surface area (Å²) in [5, 5.41) is 18.6. The van der Waals surface area contributed by atoms with Gasteiger partial charge in [-0.1, -0.05) is 15.9 Å². The molecule has 0 saturated carbocycles. The number of aliphatic hydroxyl groups excluding tert-OH is 1. The number of halogens is 1. The molecule has 0 aliphatic carbocycles. The van der Waals surface area contributed by atoms with Crippen LogP contribution >= 0.6 is 15.9 Å². The Labute approximate surface area is 92.0 Å². The molecule has 4 nitrogen and oxygen atoms in total. The number of rotatable bonds is 2. The summed E-state index contributed by atoms with van der Waals surface area (Å²) in [5.41, 5.74) is -0.980. The van der Waals surface area contributed by atoms with Crippen molar-refractivity contribution in [3.8, 4) is 0 Å². The highest BCUT2D eigenvalue weighted by Gasteiger charge is 2.33. The van der Waals surface area contributed by atoms with Crippen molar-refractivity contribution in [2.75, 3.05) is 19.7 Å². The van der Waals surface area contributed by atoms with Gasteiger partial charge < -0.3 is 15.1 Å². The fraction of sp³-hybridized carbons (Fsp3) is 0.889. The van der Waals surface area contributed by atoms with Gasteiger partial charge in [0.15, 0.2) is 0 Å². The van der Waals surface area contributed by atoms with Crippen LogP contribution in [0.3, 0.4) is 0 Å². The second-order valence-electron chi connectivity index (χ2n) is 3.82. The van der Waals surface area contributed by atoms with E-state index in [0.717, 1.165) is 0 Å². The van der Waals surface area contributed by atoms with E-state index >= 15 is 0 Å². The molecule has 1 unspecified atom stereocenters. The molecule has 0 aromatic carbocycles. The molecular formula is C9H16BrNO3. The highest BCUT2D eigenvalue weighted by Crippen LogP contribution is 2.22. The first-order valence-electron chi connectivity index (χ1n) is 4.74. The quantitative estimate of drug-likeness (QED) is 0.698. The minimum absolute atomic E-state index is 0.0463. The SMILES string of the molecule is CC(Br)C(=O)N1CCC(O)(CO)CC1. The van der Waals surface area contributed by atoms with Crippen LogP contribution in [0.1, 0.15) is 19.8 Å². The first-order valence-corrected chi connectivity index (χ1v) is 5.66. The van der Waals surface area contributed by atoms with Crippen molar-refractivity contribution in [3.05, 3.63) is 0 Å². The number of nitrogens with zero attached hydrogens (tertiary/aromatic N) is 1. The highest BCUT2D eigenvalue weighted by molar-refractivity contribution is 9.10. The van der Waals surface area contributed by atoms with E-state index < -0.39 is 5.60 Å². The van der Waals surface area contributed by atoms with Crippen molar-refractivity contribution < 1.29 is 15.0 Å². The lowest BCUT2D eigenvalue weighted by Gasteiger charge is -2.37. The third kappa shape index (κ3) is 2.68. The highest BCUT2D eigenvalue weighted by atomic mass is 79.9. The van der Waals surface area contributed by atoms with Gasteiger partial charge in [-0.2, -0.15) is 0 Å². The fourth-order valence-corrected chi connectivity index (χ4v) is 1.84. The number of likely N-dealkylation sites (tertiary alicyclic amines) is 1. The summed E-state index contributed by atoms with van der Waals surface area (Å²) in [6.45, 7) is 2.60. The lowest BCUT2D eigenvalue weighted by atomic mass is 9.92. The van der Waals surface area contributed by atoms with Crippen LogP contribution in [0.2, 0.25) is 0 Å². The maximum absolute atomic E-state index is 11.5. The Bertz CT molecular complexity index is 212. The molecule has 14 heavy (non-hydrogen) atoms. The topological polar surface area (TPSA) is 60.8 Å². The Kier molecular flexibility index (Phi) is 3.92. The standard InChI is InChI=1S/C9H16BrNO3/c1-7(10)8(13)11-4-2-9(14,6-12)3-5-11/h7,12,14H,2-6H2,1H3. The molecule has 1 amide bonds. The molecule has 0 radical (unpaired) electrons. The second kappa shape index (κ2) is 4.59. The van der Waals surface area contributed by atoms with Crippen LogP contribution < -0.4 is 0 Å². The average Bonchev–Trinajstić information content (AvgIpc) is 2.18.